The van der Waals surface area contributed by atoms with Crippen molar-refractivity contribution in [3.05, 3.63) is 35.9 Å². The number of fused-ring (bicyclic) bond motifs is 1. The molecule has 2 fully saturated rings. The molecule has 4 aliphatic rings. The number of hydrogen-bond donors (Lipinski definition) is 1. The van der Waals surface area contributed by atoms with E-state index in [1.54, 1.807) is 7.11 Å². The second-order valence-corrected chi connectivity index (χ2v) is 9.48. The van der Waals surface area contributed by atoms with E-state index in [-0.39, 0.29) is 0 Å². The maximum absolute atomic E-state index is 10.4. The van der Waals surface area contributed by atoms with Crippen LogP contribution in [0.25, 0.3) is 0 Å². The summed E-state index contributed by atoms with van der Waals surface area (Å²) >= 11 is 0. The van der Waals surface area contributed by atoms with Crippen LogP contribution >= 0.6 is 0 Å². The summed E-state index contributed by atoms with van der Waals surface area (Å²) < 4.78 is 11.2. The molecule has 1 heterocycles. The Bertz CT molecular complexity index is 725. The van der Waals surface area contributed by atoms with Crippen molar-refractivity contribution >= 4 is 5.69 Å². The zero-order chi connectivity index (χ0) is 20.4. The van der Waals surface area contributed by atoms with Crippen molar-refractivity contribution in [3.63, 3.8) is 0 Å². The first-order valence-corrected chi connectivity index (χ1v) is 11.0. The van der Waals surface area contributed by atoms with Crippen LogP contribution < -0.4 is 9.64 Å². The number of benzene rings is 1. The molecule has 1 aromatic rings. The zero-order valence-electron chi connectivity index (χ0n) is 18.1. The molecule has 3 aliphatic carbocycles. The number of methoxy groups -OCH3 is 1. The van der Waals surface area contributed by atoms with Crippen molar-refractivity contribution in [2.45, 2.75) is 32.8 Å². The van der Waals surface area contributed by atoms with Gasteiger partial charge in [-0.2, -0.15) is 0 Å². The fourth-order valence-corrected chi connectivity index (χ4v) is 5.30. The van der Waals surface area contributed by atoms with Gasteiger partial charge in [-0.15, -0.1) is 0 Å². The summed E-state index contributed by atoms with van der Waals surface area (Å²) in [4.78, 5) is 4.72. The lowest BCUT2D eigenvalue weighted by molar-refractivity contribution is -0.0262. The van der Waals surface area contributed by atoms with Crippen LogP contribution in [-0.2, 0) is 4.74 Å². The van der Waals surface area contributed by atoms with E-state index in [2.05, 4.69) is 41.9 Å². The molecule has 3 atom stereocenters. The molecule has 160 valence electrons. The highest BCUT2D eigenvalue weighted by Crippen LogP contribution is 2.59. The fourth-order valence-electron chi connectivity index (χ4n) is 5.30. The molecule has 29 heavy (non-hydrogen) atoms. The molecule has 1 saturated carbocycles. The van der Waals surface area contributed by atoms with E-state index in [0.29, 0.717) is 31.1 Å². The second-order valence-electron chi connectivity index (χ2n) is 9.48. The van der Waals surface area contributed by atoms with Crippen molar-refractivity contribution in [3.8, 4) is 5.75 Å². The first kappa shape index (κ1) is 20.7. The van der Waals surface area contributed by atoms with E-state index >= 15 is 0 Å². The number of aliphatic hydroxyl groups excluding tert-OH is 1. The fraction of sp³-hybridized carbons (Fsp3) is 0.667. The van der Waals surface area contributed by atoms with E-state index in [9.17, 15) is 5.11 Å². The average molecular weight is 401 g/mol. The lowest BCUT2D eigenvalue weighted by Crippen LogP contribution is -2.49. The lowest BCUT2D eigenvalue weighted by atomic mass is 9.49. The largest absolute Gasteiger partial charge is 0.497 e. The van der Waals surface area contributed by atoms with Crippen LogP contribution in [0.1, 0.15) is 26.7 Å². The summed E-state index contributed by atoms with van der Waals surface area (Å²) in [5.41, 5.74) is 3.10. The Morgan fingerprint density at radius 1 is 1.21 bits per heavy atom. The normalized spacial score (nSPS) is 27.2. The smallest absolute Gasteiger partial charge is 0.120 e. The number of rotatable bonds is 8. The van der Waals surface area contributed by atoms with Crippen molar-refractivity contribution in [1.82, 2.24) is 4.90 Å². The molecule has 5 rings (SSSR count). The Hall–Kier alpha value is -1.56. The molecule has 0 radical (unpaired) electrons. The van der Waals surface area contributed by atoms with Gasteiger partial charge in [0.05, 0.1) is 26.4 Å². The van der Waals surface area contributed by atoms with Gasteiger partial charge in [-0.1, -0.05) is 26.0 Å². The van der Waals surface area contributed by atoms with E-state index in [1.807, 2.05) is 12.1 Å². The Balaban J connectivity index is 1.17. The molecule has 1 N–H and O–H groups in total. The number of β-amino-alcohol motifs (C(OH)–C–C–N with tert-alkyl or cyclic N) is 1. The van der Waals surface area contributed by atoms with E-state index < -0.39 is 6.10 Å². The number of allylic oxidation sites excluding steroid dienone is 1. The van der Waals surface area contributed by atoms with Gasteiger partial charge in [0.15, 0.2) is 0 Å². The van der Waals surface area contributed by atoms with E-state index in [4.69, 9.17) is 9.47 Å². The molecule has 1 saturated heterocycles. The van der Waals surface area contributed by atoms with Gasteiger partial charge in [-0.25, -0.2) is 0 Å². The molecular weight excluding hydrogens is 364 g/mol. The topological polar surface area (TPSA) is 45.2 Å². The van der Waals surface area contributed by atoms with Crippen molar-refractivity contribution in [2.75, 3.05) is 57.9 Å². The van der Waals surface area contributed by atoms with Crippen molar-refractivity contribution < 1.29 is 14.6 Å². The molecule has 1 aliphatic heterocycles. The third-order valence-electron chi connectivity index (χ3n) is 7.42. The van der Waals surface area contributed by atoms with Crippen LogP contribution in [0.2, 0.25) is 0 Å². The Morgan fingerprint density at radius 3 is 2.69 bits per heavy atom. The summed E-state index contributed by atoms with van der Waals surface area (Å²) in [5.74, 6) is 2.44. The highest BCUT2D eigenvalue weighted by atomic mass is 16.5. The molecule has 0 amide bonds. The molecule has 0 spiro atoms. The van der Waals surface area contributed by atoms with E-state index in [0.717, 1.165) is 37.8 Å². The average Bonchev–Trinajstić information content (AvgIpc) is 2.74. The highest BCUT2D eigenvalue weighted by molar-refractivity contribution is 5.51. The van der Waals surface area contributed by atoms with Crippen LogP contribution in [0.4, 0.5) is 5.69 Å². The minimum Gasteiger partial charge on any atom is -0.497 e. The van der Waals surface area contributed by atoms with E-state index in [1.165, 1.54) is 24.1 Å². The van der Waals surface area contributed by atoms with Gasteiger partial charge in [0, 0.05) is 44.5 Å². The molecule has 1 aromatic carbocycles. The van der Waals surface area contributed by atoms with Crippen LogP contribution in [0.5, 0.6) is 5.75 Å². The third kappa shape index (κ3) is 4.47. The molecule has 0 unspecified atom stereocenters. The third-order valence-corrected chi connectivity index (χ3v) is 7.42. The predicted molar refractivity (Wildman–Crippen MR) is 117 cm³/mol. The first-order valence-electron chi connectivity index (χ1n) is 11.0. The monoisotopic (exact) mass is 400 g/mol. The van der Waals surface area contributed by atoms with Gasteiger partial charge in [-0.05, 0) is 47.8 Å². The molecule has 5 heteroatoms. The number of ether oxygens (including phenoxy) is 2. The Labute approximate surface area is 175 Å². The van der Waals surface area contributed by atoms with Gasteiger partial charge >= 0.3 is 0 Å². The van der Waals surface area contributed by atoms with Gasteiger partial charge in [0.1, 0.15) is 5.75 Å². The SMILES string of the molecule is COc1cccc(N2CCN(C[C@H](O)COCC3=CC[C@@H]4C[C@H]3C4(C)C)CC2)c1. The highest BCUT2D eigenvalue weighted by Gasteiger charge is 2.50. The summed E-state index contributed by atoms with van der Waals surface area (Å²) in [7, 11) is 1.70. The van der Waals surface area contributed by atoms with Gasteiger partial charge in [0.25, 0.3) is 0 Å². The summed E-state index contributed by atoms with van der Waals surface area (Å²) in [6.45, 7) is 10.4. The summed E-state index contributed by atoms with van der Waals surface area (Å²) in [6, 6.07) is 8.23. The van der Waals surface area contributed by atoms with Gasteiger partial charge < -0.3 is 19.5 Å². The molecule has 2 bridgehead atoms. The molecule has 5 nitrogen and oxygen atoms in total. The van der Waals surface area contributed by atoms with Crippen LogP contribution in [0.3, 0.4) is 0 Å². The lowest BCUT2D eigenvalue weighted by Gasteiger charge is -2.56. The maximum Gasteiger partial charge on any atom is 0.120 e. The van der Waals surface area contributed by atoms with Gasteiger partial charge in [0.2, 0.25) is 0 Å². The summed E-state index contributed by atoms with van der Waals surface area (Å²) in [5, 5.41) is 10.4. The van der Waals surface area contributed by atoms with Crippen molar-refractivity contribution in [1.29, 1.82) is 0 Å². The number of anilines is 1. The quantitative estimate of drug-likeness (QED) is 0.679. The Kier molecular flexibility index (Phi) is 6.19. The van der Waals surface area contributed by atoms with Crippen LogP contribution in [-0.4, -0.2) is 69.2 Å². The predicted octanol–water partition coefficient (Wildman–Crippen LogP) is 3.19. The van der Waals surface area contributed by atoms with Crippen LogP contribution in [0.15, 0.2) is 35.9 Å². The number of aliphatic hydroxyl groups is 1. The minimum absolute atomic E-state index is 0.421. The second kappa shape index (κ2) is 8.66. The first-order chi connectivity index (χ1) is 14.0. The number of hydrogen-bond acceptors (Lipinski definition) is 5. The number of piperazine rings is 1. The molecular formula is C24H36N2O3. The van der Waals surface area contributed by atoms with Gasteiger partial charge in [-0.3, -0.25) is 4.90 Å². The Morgan fingerprint density at radius 2 is 2.00 bits per heavy atom. The van der Waals surface area contributed by atoms with Crippen LogP contribution in [0, 0.1) is 17.3 Å². The van der Waals surface area contributed by atoms with Crippen molar-refractivity contribution in [2.24, 2.45) is 17.3 Å². The molecule has 0 aromatic heterocycles. The minimum atomic E-state index is -0.426. The maximum atomic E-state index is 10.4. The number of nitrogens with zero attached hydrogens (tertiary/aromatic N) is 2. The standard InChI is InChI=1S/C24H36N2O3/c1-24(2)19-8-7-18(23(24)13-19)16-29-17-21(27)15-25-9-11-26(12-10-25)20-5-4-6-22(14-20)28-3/h4-7,14,19,21,23,27H,8-13,15-17H2,1-3H3/t19-,21+,23-/m1/s1. The summed E-state index contributed by atoms with van der Waals surface area (Å²) in [6.07, 6.45) is 4.48. The zero-order valence-corrected chi connectivity index (χ0v) is 18.1.